The van der Waals surface area contributed by atoms with Crippen molar-refractivity contribution in [3.8, 4) is 0 Å². The average Bonchev–Trinajstić information content (AvgIpc) is 2.42. The third kappa shape index (κ3) is 3.80. The summed E-state index contributed by atoms with van der Waals surface area (Å²) in [5, 5.41) is 4.48. The lowest BCUT2D eigenvalue weighted by Crippen LogP contribution is -2.37. The summed E-state index contributed by atoms with van der Waals surface area (Å²) in [6.45, 7) is 4.98. The second-order valence-corrected chi connectivity index (χ2v) is 4.43. The van der Waals surface area contributed by atoms with Crippen molar-refractivity contribution in [2.24, 2.45) is 0 Å². The molecule has 1 saturated heterocycles. The normalized spacial score (nSPS) is 19.1. The number of hydrogen-bond acceptors (Lipinski definition) is 2. The van der Waals surface area contributed by atoms with Crippen LogP contribution in [0.25, 0.3) is 5.32 Å². The minimum absolute atomic E-state index is 0.332. The van der Waals surface area contributed by atoms with Gasteiger partial charge < -0.3 is 10.1 Å². The fraction of sp³-hybridized carbons (Fsp3) is 0.571. The molecule has 1 unspecified atom stereocenters. The Morgan fingerprint density at radius 3 is 2.59 bits per heavy atom. The molecular formula is C14H21N2O-. The molecule has 1 aromatic carbocycles. The predicted octanol–water partition coefficient (Wildman–Crippen LogP) is 2.45. The predicted molar refractivity (Wildman–Crippen MR) is 70.3 cm³/mol. The second-order valence-electron chi connectivity index (χ2n) is 4.43. The van der Waals surface area contributed by atoms with Gasteiger partial charge in [0, 0.05) is 13.1 Å². The van der Waals surface area contributed by atoms with Crippen LogP contribution in [0.2, 0.25) is 0 Å². The maximum Gasteiger partial charge on any atom is 0.0594 e. The maximum absolute atomic E-state index is 5.35. The van der Waals surface area contributed by atoms with E-state index in [-0.39, 0.29) is 0 Å². The summed E-state index contributed by atoms with van der Waals surface area (Å²) < 4.78 is 5.35. The first kappa shape index (κ1) is 12.6. The standard InChI is InChI=1S/C14H21N2O/c1-15-14(13-5-3-2-4-6-13)7-8-16-9-11-17-12-10-16/h2-6,14H,7-12H2,1H3/q-1. The summed E-state index contributed by atoms with van der Waals surface area (Å²) in [5.41, 5.74) is 1.32. The van der Waals surface area contributed by atoms with Gasteiger partial charge in [0.25, 0.3) is 0 Å². The van der Waals surface area contributed by atoms with Crippen LogP contribution in [0.15, 0.2) is 30.3 Å². The van der Waals surface area contributed by atoms with E-state index >= 15 is 0 Å². The molecule has 3 heteroatoms. The summed E-state index contributed by atoms with van der Waals surface area (Å²) in [4.78, 5) is 2.46. The van der Waals surface area contributed by atoms with Gasteiger partial charge in [-0.2, -0.15) is 7.05 Å². The van der Waals surface area contributed by atoms with Crippen LogP contribution in [0.3, 0.4) is 0 Å². The van der Waals surface area contributed by atoms with Crippen LogP contribution >= 0.6 is 0 Å². The van der Waals surface area contributed by atoms with E-state index in [0.717, 1.165) is 39.3 Å². The Kier molecular flexibility index (Phi) is 4.98. The van der Waals surface area contributed by atoms with Crippen LogP contribution < -0.4 is 0 Å². The van der Waals surface area contributed by atoms with Crippen LogP contribution in [0.4, 0.5) is 0 Å². The summed E-state index contributed by atoms with van der Waals surface area (Å²) in [6, 6.07) is 10.9. The molecule has 1 aromatic rings. The van der Waals surface area contributed by atoms with Crippen molar-refractivity contribution in [3.63, 3.8) is 0 Å². The maximum atomic E-state index is 5.35. The Morgan fingerprint density at radius 2 is 1.94 bits per heavy atom. The molecule has 0 aliphatic carbocycles. The van der Waals surface area contributed by atoms with Crippen molar-refractivity contribution in [1.29, 1.82) is 0 Å². The topological polar surface area (TPSA) is 26.6 Å². The van der Waals surface area contributed by atoms with Gasteiger partial charge in [-0.15, -0.1) is 6.04 Å². The van der Waals surface area contributed by atoms with Gasteiger partial charge in [-0.05, 0) is 6.54 Å². The third-order valence-electron chi connectivity index (χ3n) is 3.32. The summed E-state index contributed by atoms with van der Waals surface area (Å²) >= 11 is 0. The average molecular weight is 233 g/mol. The first-order valence-corrected chi connectivity index (χ1v) is 6.34. The minimum Gasteiger partial charge on any atom is -0.658 e. The van der Waals surface area contributed by atoms with Crippen molar-refractivity contribution < 1.29 is 4.74 Å². The molecule has 1 heterocycles. The van der Waals surface area contributed by atoms with Crippen molar-refractivity contribution in [3.05, 3.63) is 41.2 Å². The summed E-state index contributed by atoms with van der Waals surface area (Å²) in [6.07, 6.45) is 1.10. The number of ether oxygens (including phenoxy) is 1. The van der Waals surface area contributed by atoms with E-state index in [1.807, 2.05) is 7.05 Å². The van der Waals surface area contributed by atoms with Gasteiger partial charge in [0.05, 0.1) is 13.2 Å². The van der Waals surface area contributed by atoms with Crippen LogP contribution in [0, 0.1) is 0 Å². The molecule has 17 heavy (non-hydrogen) atoms. The third-order valence-corrected chi connectivity index (χ3v) is 3.32. The lowest BCUT2D eigenvalue weighted by Gasteiger charge is -2.33. The van der Waals surface area contributed by atoms with Gasteiger partial charge in [-0.3, -0.25) is 4.90 Å². The van der Waals surface area contributed by atoms with Crippen molar-refractivity contribution in [1.82, 2.24) is 4.90 Å². The van der Waals surface area contributed by atoms with Crippen LogP contribution in [0.5, 0.6) is 0 Å². The lowest BCUT2D eigenvalue weighted by atomic mass is 10.0. The lowest BCUT2D eigenvalue weighted by molar-refractivity contribution is 0.0369. The van der Waals surface area contributed by atoms with Crippen LogP contribution in [0.1, 0.15) is 18.0 Å². The van der Waals surface area contributed by atoms with Gasteiger partial charge >= 0.3 is 0 Å². The van der Waals surface area contributed by atoms with E-state index in [0.29, 0.717) is 6.04 Å². The number of hydrogen-bond donors (Lipinski definition) is 0. The van der Waals surface area contributed by atoms with E-state index in [1.165, 1.54) is 5.56 Å². The number of nitrogens with zero attached hydrogens (tertiary/aromatic N) is 2. The highest BCUT2D eigenvalue weighted by Crippen LogP contribution is 2.24. The Morgan fingerprint density at radius 1 is 1.24 bits per heavy atom. The first-order chi connectivity index (χ1) is 8.40. The molecule has 0 radical (unpaired) electrons. The van der Waals surface area contributed by atoms with Gasteiger partial charge in [-0.25, -0.2) is 0 Å². The van der Waals surface area contributed by atoms with Crippen LogP contribution in [-0.4, -0.2) is 44.8 Å². The van der Waals surface area contributed by atoms with Gasteiger partial charge in [0.1, 0.15) is 0 Å². The van der Waals surface area contributed by atoms with Crippen molar-refractivity contribution in [2.75, 3.05) is 39.9 Å². The number of morpholine rings is 1. The van der Waals surface area contributed by atoms with E-state index in [1.54, 1.807) is 0 Å². The van der Waals surface area contributed by atoms with Crippen molar-refractivity contribution >= 4 is 0 Å². The molecule has 94 valence electrons. The Bertz CT molecular complexity index is 309. The van der Waals surface area contributed by atoms with Gasteiger partial charge in [0.2, 0.25) is 0 Å². The Balaban J connectivity index is 1.83. The zero-order chi connectivity index (χ0) is 11.9. The monoisotopic (exact) mass is 233 g/mol. The molecule has 0 spiro atoms. The largest absolute Gasteiger partial charge is 0.658 e. The van der Waals surface area contributed by atoms with E-state index < -0.39 is 0 Å². The number of benzene rings is 1. The molecule has 0 aromatic heterocycles. The molecule has 1 atom stereocenters. The van der Waals surface area contributed by atoms with E-state index in [2.05, 4.69) is 40.5 Å². The summed E-state index contributed by atoms with van der Waals surface area (Å²) in [7, 11) is 1.91. The molecule has 1 aliphatic heterocycles. The Hall–Kier alpha value is -0.900. The molecule has 0 N–H and O–H groups in total. The van der Waals surface area contributed by atoms with E-state index in [9.17, 15) is 0 Å². The smallest absolute Gasteiger partial charge is 0.0594 e. The number of rotatable bonds is 5. The van der Waals surface area contributed by atoms with Gasteiger partial charge in [0.15, 0.2) is 0 Å². The highest BCUT2D eigenvalue weighted by atomic mass is 16.5. The molecule has 2 rings (SSSR count). The SMILES string of the molecule is C[N-]C(CCN1CCOCC1)c1ccccc1. The fourth-order valence-electron chi connectivity index (χ4n) is 2.25. The zero-order valence-corrected chi connectivity index (χ0v) is 10.5. The quantitative estimate of drug-likeness (QED) is 0.781. The van der Waals surface area contributed by atoms with Crippen LogP contribution in [-0.2, 0) is 4.74 Å². The molecule has 0 bridgehead atoms. The van der Waals surface area contributed by atoms with Gasteiger partial charge in [-0.1, -0.05) is 42.3 Å². The molecule has 1 aliphatic rings. The first-order valence-electron chi connectivity index (χ1n) is 6.34. The molecule has 0 saturated carbocycles. The molecule has 3 nitrogen and oxygen atoms in total. The fourth-order valence-corrected chi connectivity index (χ4v) is 2.25. The van der Waals surface area contributed by atoms with E-state index in [4.69, 9.17) is 4.74 Å². The minimum atomic E-state index is 0.332. The van der Waals surface area contributed by atoms with Crippen molar-refractivity contribution in [2.45, 2.75) is 12.5 Å². The Labute approximate surface area is 104 Å². The molecule has 0 amide bonds. The highest BCUT2D eigenvalue weighted by molar-refractivity contribution is 5.22. The highest BCUT2D eigenvalue weighted by Gasteiger charge is 2.10. The molecular weight excluding hydrogens is 212 g/mol. The zero-order valence-electron chi connectivity index (χ0n) is 10.5. The molecule has 1 fully saturated rings. The summed E-state index contributed by atoms with van der Waals surface area (Å²) in [5.74, 6) is 0. The second kappa shape index (κ2) is 6.74.